The highest BCUT2D eigenvalue weighted by Crippen LogP contribution is 2.37. The molecule has 70 valence electrons. The summed E-state index contributed by atoms with van der Waals surface area (Å²) in [6, 6.07) is 4.24. The third kappa shape index (κ3) is 1.46. The Morgan fingerprint density at radius 1 is 1.54 bits per heavy atom. The monoisotopic (exact) mass is 241 g/mol. The van der Waals surface area contributed by atoms with Crippen LogP contribution >= 0.6 is 15.9 Å². The first-order valence-electron chi connectivity index (χ1n) is 4.41. The summed E-state index contributed by atoms with van der Waals surface area (Å²) >= 11 is 3.46. The lowest BCUT2D eigenvalue weighted by atomic mass is 9.95. The van der Waals surface area contributed by atoms with Crippen LogP contribution in [0.1, 0.15) is 23.6 Å². The Morgan fingerprint density at radius 3 is 2.77 bits per heavy atom. The second kappa shape index (κ2) is 3.31. The summed E-state index contributed by atoms with van der Waals surface area (Å²) in [6.07, 6.45) is 1.11. The third-order valence-electron chi connectivity index (χ3n) is 2.54. The Hall–Kier alpha value is -0.540. The van der Waals surface area contributed by atoms with Crippen molar-refractivity contribution in [3.8, 4) is 5.75 Å². The molecule has 1 aromatic rings. The molecular weight excluding hydrogens is 230 g/mol. The molecule has 0 bridgehead atoms. The van der Waals surface area contributed by atoms with E-state index in [0.717, 1.165) is 28.6 Å². The molecule has 2 N–H and O–H groups in total. The van der Waals surface area contributed by atoms with Crippen LogP contribution in [0.15, 0.2) is 16.6 Å². The minimum absolute atomic E-state index is 0.328. The SMILES string of the molecule is Cc1ccc(Br)c(C2CCN2)c1O. The van der Waals surface area contributed by atoms with Gasteiger partial charge in [0, 0.05) is 16.1 Å². The van der Waals surface area contributed by atoms with E-state index in [4.69, 9.17) is 0 Å². The van der Waals surface area contributed by atoms with Crippen molar-refractivity contribution in [1.29, 1.82) is 0 Å². The number of rotatable bonds is 1. The second-order valence-corrected chi connectivity index (χ2v) is 4.28. The molecule has 1 saturated heterocycles. The zero-order valence-corrected chi connectivity index (χ0v) is 9.06. The first-order chi connectivity index (χ1) is 6.20. The molecule has 1 aliphatic heterocycles. The molecular formula is C10H12BrNO. The quantitative estimate of drug-likeness (QED) is 0.792. The highest BCUT2D eigenvalue weighted by Gasteiger charge is 2.24. The first-order valence-corrected chi connectivity index (χ1v) is 5.21. The molecule has 1 unspecified atom stereocenters. The number of aryl methyl sites for hydroxylation is 1. The number of phenols is 1. The summed E-state index contributed by atoms with van der Waals surface area (Å²) in [4.78, 5) is 0. The molecule has 0 aliphatic carbocycles. The van der Waals surface area contributed by atoms with E-state index in [0.29, 0.717) is 11.8 Å². The molecule has 2 nitrogen and oxygen atoms in total. The molecule has 0 saturated carbocycles. The zero-order chi connectivity index (χ0) is 9.42. The number of phenolic OH excluding ortho intramolecular Hbond substituents is 1. The van der Waals surface area contributed by atoms with Crippen molar-refractivity contribution < 1.29 is 5.11 Å². The van der Waals surface area contributed by atoms with Crippen molar-refractivity contribution in [3.63, 3.8) is 0 Å². The van der Waals surface area contributed by atoms with Crippen LogP contribution < -0.4 is 5.32 Å². The van der Waals surface area contributed by atoms with E-state index in [9.17, 15) is 5.11 Å². The molecule has 1 atom stereocenters. The largest absolute Gasteiger partial charge is 0.507 e. The van der Waals surface area contributed by atoms with E-state index in [1.807, 2.05) is 19.1 Å². The van der Waals surface area contributed by atoms with Crippen LogP contribution in [0.2, 0.25) is 0 Å². The van der Waals surface area contributed by atoms with Crippen molar-refractivity contribution >= 4 is 15.9 Å². The van der Waals surface area contributed by atoms with E-state index < -0.39 is 0 Å². The Morgan fingerprint density at radius 2 is 2.23 bits per heavy atom. The number of nitrogens with one attached hydrogen (secondary N) is 1. The molecule has 1 fully saturated rings. The normalized spacial score (nSPS) is 21.2. The third-order valence-corrected chi connectivity index (χ3v) is 3.23. The fraction of sp³-hybridized carbons (Fsp3) is 0.400. The van der Waals surface area contributed by atoms with Gasteiger partial charge in [-0.15, -0.1) is 0 Å². The molecule has 1 aromatic carbocycles. The van der Waals surface area contributed by atoms with Gasteiger partial charge in [0.25, 0.3) is 0 Å². The minimum atomic E-state index is 0.328. The molecule has 0 aromatic heterocycles. The van der Waals surface area contributed by atoms with Gasteiger partial charge in [-0.05, 0) is 31.5 Å². The molecule has 0 spiro atoms. The van der Waals surface area contributed by atoms with E-state index in [2.05, 4.69) is 21.2 Å². The summed E-state index contributed by atoms with van der Waals surface area (Å²) in [5, 5.41) is 13.1. The van der Waals surface area contributed by atoms with E-state index in [1.165, 1.54) is 0 Å². The summed E-state index contributed by atoms with van der Waals surface area (Å²) < 4.78 is 0.993. The fourth-order valence-electron chi connectivity index (χ4n) is 1.56. The Balaban J connectivity index is 2.46. The van der Waals surface area contributed by atoms with E-state index >= 15 is 0 Å². The summed E-state index contributed by atoms with van der Waals surface area (Å²) in [6.45, 7) is 2.97. The molecule has 1 aliphatic rings. The lowest BCUT2D eigenvalue weighted by molar-refractivity contribution is 0.362. The van der Waals surface area contributed by atoms with Crippen LogP contribution in [0.4, 0.5) is 0 Å². The smallest absolute Gasteiger partial charge is 0.124 e. The molecule has 13 heavy (non-hydrogen) atoms. The minimum Gasteiger partial charge on any atom is -0.507 e. The van der Waals surface area contributed by atoms with Crippen molar-refractivity contribution in [1.82, 2.24) is 5.32 Å². The van der Waals surface area contributed by atoms with Gasteiger partial charge in [-0.1, -0.05) is 22.0 Å². The maximum absolute atomic E-state index is 9.84. The van der Waals surface area contributed by atoms with Gasteiger partial charge in [0.2, 0.25) is 0 Å². The Bertz CT molecular complexity index is 334. The lowest BCUT2D eigenvalue weighted by Crippen LogP contribution is -2.35. The highest BCUT2D eigenvalue weighted by molar-refractivity contribution is 9.10. The Kier molecular flexibility index (Phi) is 2.30. The van der Waals surface area contributed by atoms with Crippen molar-refractivity contribution in [2.24, 2.45) is 0 Å². The first kappa shape index (κ1) is 9.03. The van der Waals surface area contributed by atoms with Gasteiger partial charge >= 0.3 is 0 Å². The van der Waals surface area contributed by atoms with Gasteiger partial charge in [-0.3, -0.25) is 0 Å². The van der Waals surface area contributed by atoms with Crippen LogP contribution in [0.3, 0.4) is 0 Å². The van der Waals surface area contributed by atoms with Crippen LogP contribution in [0, 0.1) is 6.92 Å². The number of hydrogen-bond acceptors (Lipinski definition) is 2. The topological polar surface area (TPSA) is 32.3 Å². The van der Waals surface area contributed by atoms with Gasteiger partial charge < -0.3 is 10.4 Å². The van der Waals surface area contributed by atoms with Crippen molar-refractivity contribution in [2.75, 3.05) is 6.54 Å². The highest BCUT2D eigenvalue weighted by atomic mass is 79.9. The van der Waals surface area contributed by atoms with Crippen molar-refractivity contribution in [3.05, 3.63) is 27.7 Å². The van der Waals surface area contributed by atoms with Gasteiger partial charge in [0.1, 0.15) is 5.75 Å². The van der Waals surface area contributed by atoms with Gasteiger partial charge in [0.05, 0.1) is 0 Å². The summed E-state index contributed by atoms with van der Waals surface area (Å²) in [7, 11) is 0. The number of aromatic hydroxyl groups is 1. The zero-order valence-electron chi connectivity index (χ0n) is 7.47. The fourth-order valence-corrected chi connectivity index (χ4v) is 2.16. The maximum atomic E-state index is 9.84. The molecule has 0 amide bonds. The maximum Gasteiger partial charge on any atom is 0.124 e. The predicted octanol–water partition coefficient (Wildman–Crippen LogP) is 2.50. The summed E-state index contributed by atoms with van der Waals surface area (Å²) in [5.74, 6) is 0.423. The number of benzene rings is 1. The lowest BCUT2D eigenvalue weighted by Gasteiger charge is -2.29. The standard InChI is InChI=1S/C10H12BrNO/c1-6-2-3-7(11)9(10(6)13)8-4-5-12-8/h2-3,8,12-13H,4-5H2,1H3. The molecule has 0 radical (unpaired) electrons. The molecule has 3 heteroatoms. The average molecular weight is 242 g/mol. The van der Waals surface area contributed by atoms with Crippen LogP contribution in [0.25, 0.3) is 0 Å². The number of halogens is 1. The number of hydrogen-bond donors (Lipinski definition) is 2. The van der Waals surface area contributed by atoms with Crippen molar-refractivity contribution in [2.45, 2.75) is 19.4 Å². The molecule has 1 heterocycles. The van der Waals surface area contributed by atoms with E-state index in [-0.39, 0.29) is 0 Å². The van der Waals surface area contributed by atoms with E-state index in [1.54, 1.807) is 0 Å². The molecule has 2 rings (SSSR count). The Labute approximate surface area is 86.1 Å². The average Bonchev–Trinajstić information content (AvgIpc) is 2.02. The van der Waals surface area contributed by atoms with Crippen LogP contribution in [0.5, 0.6) is 5.75 Å². The predicted molar refractivity (Wildman–Crippen MR) is 55.9 cm³/mol. The van der Waals surface area contributed by atoms with Crippen LogP contribution in [-0.4, -0.2) is 11.7 Å². The van der Waals surface area contributed by atoms with Gasteiger partial charge in [0.15, 0.2) is 0 Å². The van der Waals surface area contributed by atoms with Crippen LogP contribution in [-0.2, 0) is 0 Å². The van der Waals surface area contributed by atoms with Gasteiger partial charge in [-0.2, -0.15) is 0 Å². The van der Waals surface area contributed by atoms with Gasteiger partial charge in [-0.25, -0.2) is 0 Å². The summed E-state index contributed by atoms with van der Waals surface area (Å²) in [5.41, 5.74) is 1.94. The second-order valence-electron chi connectivity index (χ2n) is 3.42.